The summed E-state index contributed by atoms with van der Waals surface area (Å²) in [6.07, 6.45) is 0. The van der Waals surface area contributed by atoms with Gasteiger partial charge in [0.2, 0.25) is 0 Å². The first-order chi connectivity index (χ1) is 8.22. The molecule has 2 nitrogen and oxygen atoms in total. The molecule has 0 aromatic heterocycles. The molecule has 0 bridgehead atoms. The molecule has 5 heteroatoms. The Bertz CT molecular complexity index is 383. The molecule has 1 saturated heterocycles. The van der Waals surface area contributed by atoms with Crippen molar-refractivity contribution in [3.8, 4) is 0 Å². The molecule has 1 aromatic carbocycles. The molecule has 0 spiro atoms. The van der Waals surface area contributed by atoms with Gasteiger partial charge in [0, 0.05) is 35.7 Å². The van der Waals surface area contributed by atoms with Gasteiger partial charge < -0.3 is 5.32 Å². The first kappa shape index (κ1) is 13.3. The second-order valence-electron chi connectivity index (χ2n) is 4.12. The summed E-state index contributed by atoms with van der Waals surface area (Å²) in [5.74, 6) is 0. The minimum absolute atomic E-state index is 0.177. The van der Waals surface area contributed by atoms with Gasteiger partial charge in [0.15, 0.2) is 0 Å². The van der Waals surface area contributed by atoms with Crippen molar-refractivity contribution < 1.29 is 4.39 Å². The van der Waals surface area contributed by atoms with Gasteiger partial charge in [-0.25, -0.2) is 4.39 Å². The minimum atomic E-state index is -0.375. The number of benzene rings is 1. The molecule has 1 atom stereocenters. The number of rotatable bonds is 3. The lowest BCUT2D eigenvalue weighted by Crippen LogP contribution is -2.45. The van der Waals surface area contributed by atoms with Crippen LogP contribution in [0.1, 0.15) is 11.6 Å². The van der Waals surface area contributed by atoms with E-state index in [0.717, 1.165) is 36.2 Å². The van der Waals surface area contributed by atoms with Crippen LogP contribution in [0.25, 0.3) is 0 Å². The molecule has 0 saturated carbocycles. The van der Waals surface area contributed by atoms with E-state index < -0.39 is 0 Å². The van der Waals surface area contributed by atoms with Gasteiger partial charge in [-0.3, -0.25) is 4.90 Å². The van der Waals surface area contributed by atoms with Gasteiger partial charge in [0.25, 0.3) is 0 Å². The van der Waals surface area contributed by atoms with Gasteiger partial charge in [0.1, 0.15) is 6.67 Å². The van der Waals surface area contributed by atoms with Gasteiger partial charge in [-0.2, -0.15) is 0 Å². The summed E-state index contributed by atoms with van der Waals surface area (Å²) in [5, 5.41) is 3.94. The average molecular weight is 322 g/mol. The summed E-state index contributed by atoms with van der Waals surface area (Å²) in [7, 11) is 0. The summed E-state index contributed by atoms with van der Waals surface area (Å²) in [6.45, 7) is 3.22. The zero-order valence-corrected chi connectivity index (χ0v) is 11.8. The lowest BCUT2D eigenvalue weighted by atomic mass is 10.1. The van der Waals surface area contributed by atoms with Crippen LogP contribution in [-0.2, 0) is 0 Å². The van der Waals surface area contributed by atoms with E-state index in [2.05, 4.69) is 26.1 Å². The number of nitrogens with zero attached hydrogens (tertiary/aromatic N) is 1. The Labute approximate surface area is 114 Å². The molecule has 1 heterocycles. The molecule has 17 heavy (non-hydrogen) atoms. The maximum atomic E-state index is 13.3. The van der Waals surface area contributed by atoms with E-state index in [9.17, 15) is 4.39 Å². The number of halogens is 3. The van der Waals surface area contributed by atoms with Crippen molar-refractivity contribution in [3.63, 3.8) is 0 Å². The van der Waals surface area contributed by atoms with E-state index in [-0.39, 0.29) is 12.7 Å². The molecule has 1 aromatic rings. The quantitative estimate of drug-likeness (QED) is 0.920. The van der Waals surface area contributed by atoms with Crippen molar-refractivity contribution in [1.29, 1.82) is 0 Å². The van der Waals surface area contributed by atoms with Gasteiger partial charge in [-0.05, 0) is 17.7 Å². The van der Waals surface area contributed by atoms with Crippen LogP contribution in [0.15, 0.2) is 22.7 Å². The summed E-state index contributed by atoms with van der Waals surface area (Å²) in [6, 6.07) is 5.36. The van der Waals surface area contributed by atoms with E-state index in [1.165, 1.54) is 0 Å². The molecule has 1 aliphatic heterocycles. The maximum Gasteiger partial charge on any atom is 0.109 e. The first-order valence-corrected chi connectivity index (χ1v) is 6.85. The number of alkyl halides is 1. The summed E-state index contributed by atoms with van der Waals surface area (Å²) in [5.41, 5.74) is 0.971. The third-order valence-electron chi connectivity index (χ3n) is 3.06. The Morgan fingerprint density at radius 3 is 2.71 bits per heavy atom. The topological polar surface area (TPSA) is 15.3 Å². The standard InChI is InChI=1S/C12H15BrClFN2/c13-11-7-9(14)1-2-10(11)12(8-15)17-5-3-16-4-6-17/h1-2,7,12,16H,3-6,8H2/t12-/m0/s1. The van der Waals surface area contributed by atoms with Crippen molar-refractivity contribution >= 4 is 27.5 Å². The van der Waals surface area contributed by atoms with Crippen LogP contribution in [0.2, 0.25) is 5.02 Å². The summed E-state index contributed by atoms with van der Waals surface area (Å²) in [4.78, 5) is 2.17. The Kier molecular flexibility index (Phi) is 4.79. The van der Waals surface area contributed by atoms with Crippen molar-refractivity contribution in [1.82, 2.24) is 10.2 Å². The van der Waals surface area contributed by atoms with E-state index in [0.29, 0.717) is 5.02 Å². The predicted molar refractivity (Wildman–Crippen MR) is 72.3 cm³/mol. The van der Waals surface area contributed by atoms with Gasteiger partial charge >= 0.3 is 0 Å². The Morgan fingerprint density at radius 2 is 2.12 bits per heavy atom. The minimum Gasteiger partial charge on any atom is -0.314 e. The highest BCUT2D eigenvalue weighted by Gasteiger charge is 2.23. The van der Waals surface area contributed by atoms with E-state index in [4.69, 9.17) is 11.6 Å². The van der Waals surface area contributed by atoms with Crippen LogP contribution in [0.4, 0.5) is 4.39 Å². The third-order valence-corrected chi connectivity index (χ3v) is 3.98. The number of piperazine rings is 1. The molecule has 0 aliphatic carbocycles. The third kappa shape index (κ3) is 3.19. The van der Waals surface area contributed by atoms with Crippen molar-refractivity contribution in [2.24, 2.45) is 0 Å². The lowest BCUT2D eigenvalue weighted by molar-refractivity contribution is 0.147. The monoisotopic (exact) mass is 320 g/mol. The van der Waals surface area contributed by atoms with Crippen LogP contribution >= 0.6 is 27.5 Å². The second-order valence-corrected chi connectivity index (χ2v) is 5.41. The van der Waals surface area contributed by atoms with Crippen LogP contribution < -0.4 is 5.32 Å². The zero-order chi connectivity index (χ0) is 12.3. The fraction of sp³-hybridized carbons (Fsp3) is 0.500. The fourth-order valence-corrected chi connectivity index (χ4v) is 3.09. The summed E-state index contributed by atoms with van der Waals surface area (Å²) >= 11 is 9.37. The lowest BCUT2D eigenvalue weighted by Gasteiger charge is -2.34. The molecule has 1 fully saturated rings. The SMILES string of the molecule is FC[C@@H](c1ccc(Cl)cc1Br)N1CCNCC1. The zero-order valence-electron chi connectivity index (χ0n) is 9.43. The Morgan fingerprint density at radius 1 is 1.41 bits per heavy atom. The smallest absolute Gasteiger partial charge is 0.109 e. The van der Waals surface area contributed by atoms with Crippen LogP contribution in [0, 0.1) is 0 Å². The van der Waals surface area contributed by atoms with E-state index >= 15 is 0 Å². The number of nitrogens with one attached hydrogen (secondary N) is 1. The molecule has 94 valence electrons. The van der Waals surface area contributed by atoms with Crippen LogP contribution in [-0.4, -0.2) is 37.8 Å². The van der Waals surface area contributed by atoms with Gasteiger partial charge in [0.05, 0.1) is 6.04 Å². The molecule has 1 N–H and O–H groups in total. The van der Waals surface area contributed by atoms with Crippen molar-refractivity contribution in [2.75, 3.05) is 32.9 Å². The van der Waals surface area contributed by atoms with Gasteiger partial charge in [-0.1, -0.05) is 33.6 Å². The van der Waals surface area contributed by atoms with Crippen LogP contribution in [0.5, 0.6) is 0 Å². The van der Waals surface area contributed by atoms with E-state index in [1.54, 1.807) is 0 Å². The van der Waals surface area contributed by atoms with Crippen molar-refractivity contribution in [3.05, 3.63) is 33.3 Å². The molecule has 0 amide bonds. The number of hydrogen-bond acceptors (Lipinski definition) is 2. The molecule has 1 aliphatic rings. The molecule has 0 radical (unpaired) electrons. The molecular weight excluding hydrogens is 307 g/mol. The Hall–Kier alpha value is -0.160. The highest BCUT2D eigenvalue weighted by Crippen LogP contribution is 2.30. The van der Waals surface area contributed by atoms with E-state index in [1.807, 2.05) is 18.2 Å². The second kappa shape index (κ2) is 6.14. The normalized spacial score (nSPS) is 19.2. The predicted octanol–water partition coefficient (Wildman–Crippen LogP) is 3.02. The number of hydrogen-bond donors (Lipinski definition) is 1. The maximum absolute atomic E-state index is 13.3. The largest absolute Gasteiger partial charge is 0.314 e. The highest BCUT2D eigenvalue weighted by molar-refractivity contribution is 9.10. The van der Waals surface area contributed by atoms with Crippen molar-refractivity contribution in [2.45, 2.75) is 6.04 Å². The molecule has 0 unspecified atom stereocenters. The molecule has 2 rings (SSSR count). The average Bonchev–Trinajstić information content (AvgIpc) is 2.34. The van der Waals surface area contributed by atoms with Crippen LogP contribution in [0.3, 0.4) is 0 Å². The highest BCUT2D eigenvalue weighted by atomic mass is 79.9. The first-order valence-electron chi connectivity index (χ1n) is 5.68. The van der Waals surface area contributed by atoms with Gasteiger partial charge in [-0.15, -0.1) is 0 Å². The Balaban J connectivity index is 2.21. The summed E-state index contributed by atoms with van der Waals surface area (Å²) < 4.78 is 14.2. The molecular formula is C12H15BrClFN2. The fourth-order valence-electron chi connectivity index (χ4n) is 2.14.